The van der Waals surface area contributed by atoms with Gasteiger partial charge >= 0.3 is 0 Å². The van der Waals surface area contributed by atoms with E-state index in [4.69, 9.17) is 11.6 Å². The Bertz CT molecular complexity index is 358. The summed E-state index contributed by atoms with van der Waals surface area (Å²) in [6, 6.07) is 8.02. The van der Waals surface area contributed by atoms with E-state index in [2.05, 4.69) is 5.32 Å². The summed E-state index contributed by atoms with van der Waals surface area (Å²) in [6.07, 6.45) is 8.78. The van der Waals surface area contributed by atoms with Crippen molar-refractivity contribution < 1.29 is 5.11 Å². The van der Waals surface area contributed by atoms with Gasteiger partial charge in [0.25, 0.3) is 0 Å². The van der Waals surface area contributed by atoms with Crippen LogP contribution in [0.25, 0.3) is 0 Å². The highest BCUT2D eigenvalue weighted by atomic mass is 35.5. The smallest absolute Gasteiger partial charge is 0.0914 e. The largest absolute Gasteiger partial charge is 0.387 e. The van der Waals surface area contributed by atoms with Crippen LogP contribution in [0, 0.1) is 0 Å². The van der Waals surface area contributed by atoms with Crippen LogP contribution >= 0.6 is 11.6 Å². The van der Waals surface area contributed by atoms with Gasteiger partial charge in [-0.3, -0.25) is 0 Å². The SMILES string of the molecule is OC(CNC1CCCCCCC1)c1ccc(Cl)cc1. The summed E-state index contributed by atoms with van der Waals surface area (Å²) in [5, 5.41) is 14.4. The quantitative estimate of drug-likeness (QED) is 0.872. The summed E-state index contributed by atoms with van der Waals surface area (Å²) in [5.41, 5.74) is 0.933. The normalized spacial score (nSPS) is 19.7. The highest BCUT2D eigenvalue weighted by Gasteiger charge is 2.13. The van der Waals surface area contributed by atoms with Crippen molar-refractivity contribution in [3.8, 4) is 0 Å². The van der Waals surface area contributed by atoms with Gasteiger partial charge in [-0.15, -0.1) is 0 Å². The molecule has 19 heavy (non-hydrogen) atoms. The predicted molar refractivity (Wildman–Crippen MR) is 80.5 cm³/mol. The van der Waals surface area contributed by atoms with E-state index >= 15 is 0 Å². The first-order valence-electron chi connectivity index (χ1n) is 7.42. The monoisotopic (exact) mass is 281 g/mol. The van der Waals surface area contributed by atoms with Crippen molar-refractivity contribution in [2.45, 2.75) is 57.1 Å². The van der Waals surface area contributed by atoms with E-state index in [0.29, 0.717) is 17.6 Å². The first kappa shape index (κ1) is 14.8. The maximum Gasteiger partial charge on any atom is 0.0914 e. The number of aliphatic hydroxyl groups is 1. The van der Waals surface area contributed by atoms with Crippen molar-refractivity contribution in [2.24, 2.45) is 0 Å². The Labute approximate surface area is 121 Å². The third-order valence-corrected chi connectivity index (χ3v) is 4.21. The van der Waals surface area contributed by atoms with Gasteiger partial charge in [-0.2, -0.15) is 0 Å². The molecule has 1 aromatic carbocycles. The Hall–Kier alpha value is -0.570. The average molecular weight is 282 g/mol. The van der Waals surface area contributed by atoms with Crippen molar-refractivity contribution in [1.29, 1.82) is 0 Å². The molecule has 0 heterocycles. The highest BCUT2D eigenvalue weighted by molar-refractivity contribution is 6.30. The molecule has 1 aliphatic carbocycles. The summed E-state index contributed by atoms with van der Waals surface area (Å²) in [4.78, 5) is 0. The molecular weight excluding hydrogens is 258 g/mol. The Balaban J connectivity index is 1.78. The highest BCUT2D eigenvalue weighted by Crippen LogP contribution is 2.19. The van der Waals surface area contributed by atoms with Crippen molar-refractivity contribution in [2.75, 3.05) is 6.54 Å². The second kappa shape index (κ2) is 7.88. The minimum absolute atomic E-state index is 0.442. The molecule has 2 rings (SSSR count). The number of aliphatic hydroxyl groups excluding tert-OH is 1. The summed E-state index contributed by atoms with van der Waals surface area (Å²) in [6.45, 7) is 0.631. The van der Waals surface area contributed by atoms with Crippen molar-refractivity contribution in [3.05, 3.63) is 34.9 Å². The molecule has 0 aliphatic heterocycles. The van der Waals surface area contributed by atoms with E-state index < -0.39 is 6.10 Å². The van der Waals surface area contributed by atoms with E-state index in [1.807, 2.05) is 24.3 Å². The van der Waals surface area contributed by atoms with Gasteiger partial charge in [0, 0.05) is 17.6 Å². The zero-order chi connectivity index (χ0) is 13.5. The second-order valence-corrected chi connectivity index (χ2v) is 5.95. The van der Waals surface area contributed by atoms with Crippen molar-refractivity contribution in [3.63, 3.8) is 0 Å². The number of nitrogens with one attached hydrogen (secondary N) is 1. The molecule has 0 amide bonds. The van der Waals surface area contributed by atoms with E-state index in [1.165, 1.54) is 44.9 Å². The van der Waals surface area contributed by atoms with Crippen LogP contribution in [0.5, 0.6) is 0 Å². The number of rotatable bonds is 4. The summed E-state index contributed by atoms with van der Waals surface area (Å²) in [5.74, 6) is 0. The molecule has 2 nitrogen and oxygen atoms in total. The summed E-state index contributed by atoms with van der Waals surface area (Å²) < 4.78 is 0. The van der Waals surface area contributed by atoms with Crippen LogP contribution in [0.3, 0.4) is 0 Å². The fourth-order valence-electron chi connectivity index (χ4n) is 2.74. The molecule has 1 unspecified atom stereocenters. The Kier molecular flexibility index (Phi) is 6.15. The van der Waals surface area contributed by atoms with Crippen molar-refractivity contribution in [1.82, 2.24) is 5.32 Å². The molecule has 3 heteroatoms. The van der Waals surface area contributed by atoms with Crippen LogP contribution in [0.4, 0.5) is 0 Å². The van der Waals surface area contributed by atoms with Crippen LogP contribution in [0.1, 0.15) is 56.6 Å². The van der Waals surface area contributed by atoms with Crippen LogP contribution in [0.2, 0.25) is 5.02 Å². The lowest BCUT2D eigenvalue weighted by molar-refractivity contribution is 0.167. The molecule has 1 saturated carbocycles. The van der Waals surface area contributed by atoms with Gasteiger partial charge in [-0.25, -0.2) is 0 Å². The summed E-state index contributed by atoms with van der Waals surface area (Å²) in [7, 11) is 0. The summed E-state index contributed by atoms with van der Waals surface area (Å²) >= 11 is 5.85. The molecule has 0 radical (unpaired) electrons. The fraction of sp³-hybridized carbons (Fsp3) is 0.625. The molecule has 1 aliphatic rings. The molecule has 2 N–H and O–H groups in total. The number of halogens is 1. The zero-order valence-corrected chi connectivity index (χ0v) is 12.2. The molecule has 1 atom stereocenters. The molecule has 0 spiro atoms. The standard InChI is InChI=1S/C16H24ClNO/c17-14-10-8-13(9-11-14)16(19)12-18-15-6-4-2-1-3-5-7-15/h8-11,15-16,18-19H,1-7,12H2. The van der Waals surface area contributed by atoms with Gasteiger partial charge in [0.05, 0.1) is 6.10 Å². The van der Waals surface area contributed by atoms with Crippen LogP contribution in [-0.4, -0.2) is 17.7 Å². The lowest BCUT2D eigenvalue weighted by atomic mass is 9.96. The minimum atomic E-state index is -0.442. The van der Waals surface area contributed by atoms with Gasteiger partial charge in [0.1, 0.15) is 0 Å². The van der Waals surface area contributed by atoms with Gasteiger partial charge in [-0.1, -0.05) is 55.8 Å². The van der Waals surface area contributed by atoms with Crippen LogP contribution in [0.15, 0.2) is 24.3 Å². The van der Waals surface area contributed by atoms with Crippen LogP contribution < -0.4 is 5.32 Å². The lowest BCUT2D eigenvalue weighted by Gasteiger charge is -2.22. The Morgan fingerprint density at radius 1 is 1.05 bits per heavy atom. The second-order valence-electron chi connectivity index (χ2n) is 5.52. The van der Waals surface area contributed by atoms with Gasteiger partial charge in [0.15, 0.2) is 0 Å². The Morgan fingerprint density at radius 2 is 1.63 bits per heavy atom. The fourth-order valence-corrected chi connectivity index (χ4v) is 2.87. The maximum atomic E-state index is 10.2. The van der Waals surface area contributed by atoms with Crippen molar-refractivity contribution >= 4 is 11.6 Å². The third kappa shape index (κ3) is 5.13. The maximum absolute atomic E-state index is 10.2. The third-order valence-electron chi connectivity index (χ3n) is 3.96. The molecule has 1 aromatic rings. The minimum Gasteiger partial charge on any atom is -0.387 e. The van der Waals surface area contributed by atoms with Gasteiger partial charge < -0.3 is 10.4 Å². The van der Waals surface area contributed by atoms with E-state index in [-0.39, 0.29) is 0 Å². The van der Waals surface area contributed by atoms with E-state index in [0.717, 1.165) is 5.56 Å². The molecule has 0 aromatic heterocycles. The van der Waals surface area contributed by atoms with Crippen LogP contribution in [-0.2, 0) is 0 Å². The molecule has 0 saturated heterocycles. The van der Waals surface area contributed by atoms with E-state index in [1.54, 1.807) is 0 Å². The average Bonchev–Trinajstić information content (AvgIpc) is 2.38. The van der Waals surface area contributed by atoms with E-state index in [9.17, 15) is 5.11 Å². The Morgan fingerprint density at radius 3 is 2.26 bits per heavy atom. The van der Waals surface area contributed by atoms with Gasteiger partial charge in [-0.05, 0) is 30.5 Å². The lowest BCUT2D eigenvalue weighted by Crippen LogP contribution is -2.33. The number of benzene rings is 1. The molecular formula is C16H24ClNO. The predicted octanol–water partition coefficient (Wildman–Crippen LogP) is 4.08. The zero-order valence-electron chi connectivity index (χ0n) is 11.4. The van der Waals surface area contributed by atoms with Gasteiger partial charge in [0.2, 0.25) is 0 Å². The number of hydrogen-bond acceptors (Lipinski definition) is 2. The molecule has 106 valence electrons. The molecule has 1 fully saturated rings. The first-order chi connectivity index (χ1) is 9.25. The molecule has 0 bridgehead atoms. The number of hydrogen-bond donors (Lipinski definition) is 2. The topological polar surface area (TPSA) is 32.3 Å². The first-order valence-corrected chi connectivity index (χ1v) is 7.80.